The van der Waals surface area contributed by atoms with Crippen LogP contribution in [0.15, 0.2) is 33.6 Å². The summed E-state index contributed by atoms with van der Waals surface area (Å²) in [5, 5.41) is 9.99. The number of hydrogen-bond acceptors (Lipinski definition) is 6. The van der Waals surface area contributed by atoms with E-state index in [4.69, 9.17) is 4.42 Å². The third-order valence-electron chi connectivity index (χ3n) is 4.77. The van der Waals surface area contributed by atoms with Crippen LogP contribution in [0.25, 0.3) is 0 Å². The van der Waals surface area contributed by atoms with Crippen molar-refractivity contribution in [1.82, 2.24) is 14.5 Å². The second kappa shape index (κ2) is 7.77. The van der Waals surface area contributed by atoms with Gasteiger partial charge in [-0.25, -0.2) is 8.42 Å². The molecule has 1 amide bonds. The van der Waals surface area contributed by atoms with Crippen LogP contribution < -0.4 is 5.32 Å². The molecule has 8 nitrogen and oxygen atoms in total. The lowest BCUT2D eigenvalue weighted by molar-refractivity contribution is -0.121. The zero-order chi connectivity index (χ0) is 19.6. The fourth-order valence-electron chi connectivity index (χ4n) is 3.09. The van der Waals surface area contributed by atoms with Gasteiger partial charge in [-0.3, -0.25) is 10.1 Å². The maximum absolute atomic E-state index is 12.8. The maximum atomic E-state index is 12.8. The second-order valence-corrected chi connectivity index (χ2v) is 8.96. The predicted molar refractivity (Wildman–Crippen MR) is 99.7 cm³/mol. The Morgan fingerprint density at radius 3 is 2.33 bits per heavy atom. The Kier molecular flexibility index (Phi) is 5.61. The Bertz CT molecular complexity index is 898. The Labute approximate surface area is 159 Å². The number of rotatable bonds is 5. The lowest BCUT2D eigenvalue weighted by Crippen LogP contribution is -2.41. The number of carbonyl (C=O) groups excluding carboxylic acids is 1. The molecule has 0 spiro atoms. The zero-order valence-electron chi connectivity index (χ0n) is 15.7. The quantitative estimate of drug-likeness (QED) is 0.838. The van der Waals surface area contributed by atoms with Crippen molar-refractivity contribution in [1.29, 1.82) is 0 Å². The van der Waals surface area contributed by atoms with Gasteiger partial charge in [0.25, 0.3) is 0 Å². The molecular formula is C18H24N4O4S. The van der Waals surface area contributed by atoms with E-state index in [0.717, 1.165) is 5.56 Å². The number of nitrogens with one attached hydrogen (secondary N) is 1. The minimum absolute atomic E-state index is 0.0674. The molecule has 1 aliphatic heterocycles. The minimum Gasteiger partial charge on any atom is -0.408 e. The van der Waals surface area contributed by atoms with E-state index < -0.39 is 10.0 Å². The number of carbonyl (C=O) groups is 1. The normalized spacial score (nSPS) is 16.6. The number of aromatic nitrogens is 2. The molecule has 146 valence electrons. The van der Waals surface area contributed by atoms with Crippen LogP contribution in [0, 0.1) is 12.8 Å². The second-order valence-electron chi connectivity index (χ2n) is 7.02. The average molecular weight is 392 g/mol. The van der Waals surface area contributed by atoms with Gasteiger partial charge in [0.1, 0.15) is 0 Å². The molecule has 1 aromatic carbocycles. The number of anilines is 1. The largest absolute Gasteiger partial charge is 0.408 e. The summed E-state index contributed by atoms with van der Waals surface area (Å²) in [5.41, 5.74) is 1.10. The van der Waals surface area contributed by atoms with Crippen molar-refractivity contribution < 1.29 is 17.6 Å². The standard InChI is InChI=1S/C18H24N4O4S/c1-12(2)14-4-6-16(7-5-14)27(24,25)22-10-8-15(9-11-22)17(23)19-18-21-20-13(3)26-18/h4-7,12,15H,8-11H2,1-3H3,(H,19,21,23). The molecule has 0 bridgehead atoms. The van der Waals surface area contributed by atoms with Crippen LogP contribution in [0.5, 0.6) is 0 Å². The Morgan fingerprint density at radius 2 is 1.81 bits per heavy atom. The van der Waals surface area contributed by atoms with Gasteiger partial charge in [-0.15, -0.1) is 5.10 Å². The number of piperidine rings is 1. The van der Waals surface area contributed by atoms with Gasteiger partial charge in [0, 0.05) is 25.9 Å². The van der Waals surface area contributed by atoms with Gasteiger partial charge < -0.3 is 4.42 Å². The highest BCUT2D eigenvalue weighted by Gasteiger charge is 2.32. The Balaban J connectivity index is 1.61. The summed E-state index contributed by atoms with van der Waals surface area (Å²) < 4.78 is 32.2. The summed E-state index contributed by atoms with van der Waals surface area (Å²) in [7, 11) is -3.55. The van der Waals surface area contributed by atoms with Crippen LogP contribution in [-0.2, 0) is 14.8 Å². The molecule has 3 rings (SSSR count). The molecule has 2 aromatic rings. The molecule has 0 saturated carbocycles. The smallest absolute Gasteiger partial charge is 0.322 e. The van der Waals surface area contributed by atoms with Gasteiger partial charge in [-0.05, 0) is 36.5 Å². The fraction of sp³-hybridized carbons (Fsp3) is 0.500. The van der Waals surface area contributed by atoms with Crippen molar-refractivity contribution in [3.05, 3.63) is 35.7 Å². The number of aryl methyl sites for hydroxylation is 1. The lowest BCUT2D eigenvalue weighted by Gasteiger charge is -2.30. The highest BCUT2D eigenvalue weighted by atomic mass is 32.2. The first kappa shape index (κ1) is 19.5. The van der Waals surface area contributed by atoms with E-state index in [2.05, 4.69) is 29.4 Å². The van der Waals surface area contributed by atoms with E-state index in [-0.39, 0.29) is 22.7 Å². The third-order valence-corrected chi connectivity index (χ3v) is 6.68. The van der Waals surface area contributed by atoms with E-state index in [9.17, 15) is 13.2 Å². The SMILES string of the molecule is Cc1nnc(NC(=O)C2CCN(S(=O)(=O)c3ccc(C(C)C)cc3)CC2)o1. The van der Waals surface area contributed by atoms with Crippen molar-refractivity contribution in [2.24, 2.45) is 5.92 Å². The van der Waals surface area contributed by atoms with E-state index >= 15 is 0 Å². The molecule has 1 aliphatic rings. The fourth-order valence-corrected chi connectivity index (χ4v) is 4.56. The van der Waals surface area contributed by atoms with Gasteiger partial charge in [-0.2, -0.15) is 4.31 Å². The van der Waals surface area contributed by atoms with Crippen LogP contribution in [0.2, 0.25) is 0 Å². The van der Waals surface area contributed by atoms with Crippen LogP contribution >= 0.6 is 0 Å². The average Bonchev–Trinajstić information content (AvgIpc) is 3.06. The summed E-state index contributed by atoms with van der Waals surface area (Å²) in [5.74, 6) is 0.206. The first-order valence-corrected chi connectivity index (χ1v) is 10.4. The summed E-state index contributed by atoms with van der Waals surface area (Å²) in [4.78, 5) is 12.6. The van der Waals surface area contributed by atoms with Crippen LogP contribution in [0.4, 0.5) is 6.01 Å². The highest BCUT2D eigenvalue weighted by Crippen LogP contribution is 2.26. The number of nitrogens with zero attached hydrogens (tertiary/aromatic N) is 3. The van der Waals surface area contributed by atoms with Crippen LogP contribution in [0.3, 0.4) is 0 Å². The molecule has 0 aliphatic carbocycles. The molecule has 1 aromatic heterocycles. The Hall–Kier alpha value is -2.26. The molecule has 1 saturated heterocycles. The predicted octanol–water partition coefficient (Wildman–Crippen LogP) is 2.54. The van der Waals surface area contributed by atoms with Crippen molar-refractivity contribution in [2.45, 2.75) is 44.4 Å². The molecule has 0 atom stereocenters. The lowest BCUT2D eigenvalue weighted by atomic mass is 9.97. The molecule has 1 N–H and O–H groups in total. The third kappa shape index (κ3) is 4.36. The number of sulfonamides is 1. The summed E-state index contributed by atoms with van der Waals surface area (Å²) >= 11 is 0. The zero-order valence-corrected chi connectivity index (χ0v) is 16.5. The molecule has 27 heavy (non-hydrogen) atoms. The first-order chi connectivity index (χ1) is 12.8. The van der Waals surface area contributed by atoms with Crippen molar-refractivity contribution >= 4 is 21.9 Å². The van der Waals surface area contributed by atoms with Crippen molar-refractivity contribution in [3.8, 4) is 0 Å². The van der Waals surface area contributed by atoms with E-state index in [1.54, 1.807) is 19.1 Å². The molecular weight excluding hydrogens is 368 g/mol. The van der Waals surface area contributed by atoms with Crippen LogP contribution in [-0.4, -0.2) is 41.9 Å². The van der Waals surface area contributed by atoms with E-state index in [0.29, 0.717) is 37.7 Å². The van der Waals surface area contributed by atoms with Gasteiger partial charge in [0.15, 0.2) is 0 Å². The molecule has 1 fully saturated rings. The summed E-state index contributed by atoms with van der Waals surface area (Å²) in [6, 6.07) is 7.08. The van der Waals surface area contributed by atoms with Crippen molar-refractivity contribution in [3.63, 3.8) is 0 Å². The van der Waals surface area contributed by atoms with Gasteiger partial charge in [0.05, 0.1) is 4.90 Å². The van der Waals surface area contributed by atoms with Gasteiger partial charge in [-0.1, -0.05) is 31.1 Å². The first-order valence-electron chi connectivity index (χ1n) is 8.98. The molecule has 2 heterocycles. The van der Waals surface area contributed by atoms with Gasteiger partial charge in [0.2, 0.25) is 21.8 Å². The number of benzene rings is 1. The van der Waals surface area contributed by atoms with Crippen LogP contribution in [0.1, 0.15) is 44.1 Å². The topological polar surface area (TPSA) is 105 Å². The summed E-state index contributed by atoms with van der Waals surface area (Å²) in [6.45, 7) is 6.37. The monoisotopic (exact) mass is 392 g/mol. The number of amides is 1. The minimum atomic E-state index is -3.55. The summed E-state index contributed by atoms with van der Waals surface area (Å²) in [6.07, 6.45) is 0.893. The molecule has 9 heteroatoms. The molecule has 0 radical (unpaired) electrons. The Morgan fingerprint density at radius 1 is 1.19 bits per heavy atom. The van der Waals surface area contributed by atoms with Crippen molar-refractivity contribution in [2.75, 3.05) is 18.4 Å². The highest BCUT2D eigenvalue weighted by molar-refractivity contribution is 7.89. The van der Waals surface area contributed by atoms with Gasteiger partial charge >= 0.3 is 6.01 Å². The van der Waals surface area contributed by atoms with E-state index in [1.165, 1.54) is 4.31 Å². The molecule has 0 unspecified atom stereocenters. The number of hydrogen-bond donors (Lipinski definition) is 1. The maximum Gasteiger partial charge on any atom is 0.322 e. The van der Waals surface area contributed by atoms with E-state index in [1.807, 2.05) is 12.1 Å².